The summed E-state index contributed by atoms with van der Waals surface area (Å²) in [5.41, 5.74) is 1.12. The van der Waals surface area contributed by atoms with Crippen molar-refractivity contribution in [1.82, 2.24) is 20.2 Å². The van der Waals surface area contributed by atoms with Gasteiger partial charge < -0.3 is 15.0 Å². The summed E-state index contributed by atoms with van der Waals surface area (Å²) in [6.45, 7) is 6.08. The minimum Gasteiger partial charge on any atom is -0.487 e. The van der Waals surface area contributed by atoms with Crippen LogP contribution in [0.1, 0.15) is 61.5 Å². The number of benzene rings is 1. The zero-order valence-corrected chi connectivity index (χ0v) is 18.2. The van der Waals surface area contributed by atoms with Crippen molar-refractivity contribution in [2.75, 3.05) is 19.6 Å². The molecule has 164 valence electrons. The van der Waals surface area contributed by atoms with Gasteiger partial charge in [0.2, 0.25) is 5.91 Å². The molecule has 1 aromatic heterocycles. The highest BCUT2D eigenvalue weighted by atomic mass is 16.5. The molecule has 0 unspecified atom stereocenters. The average molecular weight is 423 g/mol. The maximum atomic E-state index is 12.7. The van der Waals surface area contributed by atoms with E-state index in [1.807, 2.05) is 23.1 Å². The van der Waals surface area contributed by atoms with E-state index in [2.05, 4.69) is 35.2 Å². The number of carbonyl (C=O) groups excluding carboxylic acids is 2. The molecular formula is C24H30N4O3. The Kier molecular flexibility index (Phi) is 6.20. The Balaban J connectivity index is 1.46. The first-order valence-electron chi connectivity index (χ1n) is 11.1. The SMILES string of the molecule is CC(C)CNC(=O)C[C@H]1CC2(CCN(C(=O)c3cnccn3)CC2)Oc2ccccc21. The first-order chi connectivity index (χ1) is 15.0. The van der Waals surface area contributed by atoms with Crippen LogP contribution in [0, 0.1) is 5.92 Å². The van der Waals surface area contributed by atoms with Crippen LogP contribution in [0.15, 0.2) is 42.9 Å². The predicted octanol–water partition coefficient (Wildman–Crippen LogP) is 3.18. The molecule has 2 aliphatic rings. The molecule has 1 atom stereocenters. The van der Waals surface area contributed by atoms with Gasteiger partial charge in [-0.05, 0) is 24.0 Å². The van der Waals surface area contributed by atoms with E-state index in [9.17, 15) is 9.59 Å². The first-order valence-corrected chi connectivity index (χ1v) is 11.1. The molecule has 0 saturated carbocycles. The van der Waals surface area contributed by atoms with Gasteiger partial charge in [0.15, 0.2) is 0 Å². The molecule has 7 heteroatoms. The van der Waals surface area contributed by atoms with Gasteiger partial charge >= 0.3 is 0 Å². The molecule has 1 aromatic carbocycles. The number of likely N-dealkylation sites (tertiary alicyclic amines) is 1. The van der Waals surface area contributed by atoms with E-state index < -0.39 is 0 Å². The molecule has 1 spiro atoms. The lowest BCUT2D eigenvalue weighted by atomic mass is 9.76. The van der Waals surface area contributed by atoms with Crippen molar-refractivity contribution in [2.45, 2.75) is 51.0 Å². The first kappa shape index (κ1) is 21.3. The van der Waals surface area contributed by atoms with Crippen LogP contribution in [-0.4, -0.2) is 51.9 Å². The minimum atomic E-state index is -0.351. The summed E-state index contributed by atoms with van der Waals surface area (Å²) < 4.78 is 6.51. The van der Waals surface area contributed by atoms with Crippen molar-refractivity contribution in [3.8, 4) is 5.75 Å². The summed E-state index contributed by atoms with van der Waals surface area (Å²) in [5, 5.41) is 3.05. The van der Waals surface area contributed by atoms with Crippen LogP contribution in [0.25, 0.3) is 0 Å². The normalized spacial score (nSPS) is 19.6. The third-order valence-electron chi connectivity index (χ3n) is 6.19. The van der Waals surface area contributed by atoms with E-state index in [1.54, 1.807) is 6.20 Å². The van der Waals surface area contributed by atoms with Crippen LogP contribution < -0.4 is 10.1 Å². The molecule has 2 aliphatic heterocycles. The molecule has 2 amide bonds. The lowest BCUT2D eigenvalue weighted by molar-refractivity contribution is -0.122. The smallest absolute Gasteiger partial charge is 0.274 e. The summed E-state index contributed by atoms with van der Waals surface area (Å²) in [7, 11) is 0. The van der Waals surface area contributed by atoms with Crippen LogP contribution in [0.4, 0.5) is 0 Å². The summed E-state index contributed by atoms with van der Waals surface area (Å²) in [4.78, 5) is 35.3. The second kappa shape index (κ2) is 9.04. The monoisotopic (exact) mass is 422 g/mol. The Hall–Kier alpha value is -2.96. The molecule has 4 rings (SSSR count). The molecule has 7 nitrogen and oxygen atoms in total. The molecule has 0 radical (unpaired) electrons. The Morgan fingerprint density at radius 1 is 1.23 bits per heavy atom. The molecule has 31 heavy (non-hydrogen) atoms. The summed E-state index contributed by atoms with van der Waals surface area (Å²) in [5.74, 6) is 1.39. The molecule has 1 saturated heterocycles. The molecule has 1 fully saturated rings. The van der Waals surface area contributed by atoms with Gasteiger partial charge in [-0.3, -0.25) is 14.6 Å². The molecule has 3 heterocycles. The van der Waals surface area contributed by atoms with E-state index >= 15 is 0 Å². The summed E-state index contributed by atoms with van der Waals surface area (Å²) >= 11 is 0. The van der Waals surface area contributed by atoms with Crippen molar-refractivity contribution >= 4 is 11.8 Å². The van der Waals surface area contributed by atoms with E-state index in [4.69, 9.17) is 4.74 Å². The number of hydrogen-bond acceptors (Lipinski definition) is 5. The number of hydrogen-bond donors (Lipinski definition) is 1. The van der Waals surface area contributed by atoms with Gasteiger partial charge in [0.25, 0.3) is 5.91 Å². The highest BCUT2D eigenvalue weighted by Gasteiger charge is 2.44. The Morgan fingerprint density at radius 2 is 2.00 bits per heavy atom. The number of nitrogens with zero attached hydrogens (tertiary/aromatic N) is 3. The van der Waals surface area contributed by atoms with Crippen molar-refractivity contribution in [1.29, 1.82) is 0 Å². The predicted molar refractivity (Wildman–Crippen MR) is 117 cm³/mol. The lowest BCUT2D eigenvalue weighted by Crippen LogP contribution is -2.52. The number of fused-ring (bicyclic) bond motifs is 1. The quantitative estimate of drug-likeness (QED) is 0.800. The summed E-state index contributed by atoms with van der Waals surface area (Å²) in [6, 6.07) is 8.03. The highest BCUT2D eigenvalue weighted by Crippen LogP contribution is 2.46. The van der Waals surface area contributed by atoms with Crippen molar-refractivity contribution in [3.63, 3.8) is 0 Å². The molecular weight excluding hydrogens is 392 g/mol. The number of nitrogens with one attached hydrogen (secondary N) is 1. The third kappa shape index (κ3) is 4.86. The fourth-order valence-electron chi connectivity index (χ4n) is 4.54. The van der Waals surface area contributed by atoms with Crippen molar-refractivity contribution in [2.24, 2.45) is 5.92 Å². The van der Waals surface area contributed by atoms with E-state index in [-0.39, 0.29) is 23.3 Å². The molecule has 1 N–H and O–H groups in total. The van der Waals surface area contributed by atoms with E-state index in [1.165, 1.54) is 12.4 Å². The van der Waals surface area contributed by atoms with Crippen LogP contribution in [0.2, 0.25) is 0 Å². The van der Waals surface area contributed by atoms with Crippen LogP contribution in [-0.2, 0) is 4.79 Å². The Labute approximate surface area is 183 Å². The number of rotatable bonds is 5. The van der Waals surface area contributed by atoms with Crippen LogP contribution in [0.3, 0.4) is 0 Å². The Morgan fingerprint density at radius 3 is 2.71 bits per heavy atom. The van der Waals surface area contributed by atoms with Gasteiger partial charge in [-0.15, -0.1) is 0 Å². The number of aromatic nitrogens is 2. The number of ether oxygens (including phenoxy) is 1. The number of piperidine rings is 1. The lowest BCUT2D eigenvalue weighted by Gasteiger charge is -2.46. The maximum Gasteiger partial charge on any atom is 0.274 e. The second-order valence-corrected chi connectivity index (χ2v) is 9.01. The van der Waals surface area contributed by atoms with Crippen molar-refractivity contribution < 1.29 is 14.3 Å². The second-order valence-electron chi connectivity index (χ2n) is 9.01. The molecule has 2 aromatic rings. The van der Waals surface area contributed by atoms with Gasteiger partial charge in [-0.25, -0.2) is 4.98 Å². The standard InChI is InChI=1S/C24H30N4O3/c1-17(2)15-27-22(29)13-18-14-24(31-21-6-4-3-5-19(18)21)7-11-28(12-8-24)23(30)20-16-25-9-10-26-20/h3-6,9-10,16-18H,7-8,11-15H2,1-2H3,(H,27,29)/t18-/m0/s1. The van der Waals surface area contributed by atoms with Crippen LogP contribution >= 0.6 is 0 Å². The van der Waals surface area contributed by atoms with Crippen molar-refractivity contribution in [3.05, 3.63) is 54.1 Å². The fourth-order valence-corrected chi connectivity index (χ4v) is 4.54. The number of carbonyl (C=O) groups is 2. The van der Waals surface area contributed by atoms with Gasteiger partial charge in [0, 0.05) is 57.2 Å². The fraction of sp³-hybridized carbons (Fsp3) is 0.500. The van der Waals surface area contributed by atoms with Gasteiger partial charge in [0.1, 0.15) is 17.0 Å². The zero-order chi connectivity index (χ0) is 21.8. The average Bonchev–Trinajstić information content (AvgIpc) is 2.78. The maximum absolute atomic E-state index is 12.7. The summed E-state index contributed by atoms with van der Waals surface area (Å²) in [6.07, 6.45) is 7.31. The number of amides is 2. The topological polar surface area (TPSA) is 84.4 Å². The Bertz CT molecular complexity index is 923. The van der Waals surface area contributed by atoms with Gasteiger partial charge in [-0.2, -0.15) is 0 Å². The number of para-hydroxylation sites is 1. The minimum absolute atomic E-state index is 0.0841. The molecule has 0 bridgehead atoms. The van der Waals surface area contributed by atoms with Gasteiger partial charge in [0.05, 0.1) is 6.20 Å². The van der Waals surface area contributed by atoms with Crippen LogP contribution in [0.5, 0.6) is 5.75 Å². The van der Waals surface area contributed by atoms with E-state index in [0.29, 0.717) is 37.7 Å². The van der Waals surface area contributed by atoms with Gasteiger partial charge in [-0.1, -0.05) is 32.0 Å². The third-order valence-corrected chi connectivity index (χ3v) is 6.19. The largest absolute Gasteiger partial charge is 0.487 e. The molecule has 0 aliphatic carbocycles. The van der Waals surface area contributed by atoms with E-state index in [0.717, 1.165) is 30.6 Å². The highest BCUT2D eigenvalue weighted by molar-refractivity contribution is 5.92. The zero-order valence-electron chi connectivity index (χ0n) is 18.2.